The van der Waals surface area contributed by atoms with Gasteiger partial charge in [0.1, 0.15) is 10.5 Å². The molecular formula is C33H29N5S. The highest BCUT2D eigenvalue weighted by atomic mass is 32.2. The van der Waals surface area contributed by atoms with Crippen LogP contribution < -0.4 is 4.90 Å². The van der Waals surface area contributed by atoms with Crippen LogP contribution >= 0.6 is 11.8 Å². The predicted molar refractivity (Wildman–Crippen MR) is 160 cm³/mol. The lowest BCUT2D eigenvalue weighted by atomic mass is 10.2. The maximum atomic E-state index is 5.14. The standard InChI is InChI=1S/C33H29N5S/c1-5-13-26(14-6-1)21-37(22-27-15-7-2-8-16-27)33-35-31-30(32(36-33)39-24-29-19-11-4-12-20-29)34-25-38(31)23-28-17-9-3-10-18-28/h1-20,25H,21-24H2. The first kappa shape index (κ1) is 24.9. The number of hydrogen-bond donors (Lipinski definition) is 0. The zero-order valence-electron chi connectivity index (χ0n) is 21.6. The Kier molecular flexibility index (Phi) is 7.64. The topological polar surface area (TPSA) is 46.8 Å². The molecule has 0 atom stereocenters. The summed E-state index contributed by atoms with van der Waals surface area (Å²) in [6, 6.07) is 42.0. The molecular weight excluding hydrogens is 498 g/mol. The molecule has 0 fully saturated rings. The van der Waals surface area contributed by atoms with E-state index in [1.165, 1.54) is 22.3 Å². The molecule has 192 valence electrons. The van der Waals surface area contributed by atoms with Crippen LogP contribution in [0, 0.1) is 0 Å². The van der Waals surface area contributed by atoms with Gasteiger partial charge in [0.25, 0.3) is 0 Å². The van der Waals surface area contributed by atoms with Gasteiger partial charge >= 0.3 is 0 Å². The Hall–Kier alpha value is -4.42. The normalized spacial score (nSPS) is 11.1. The maximum absolute atomic E-state index is 5.14. The number of thioether (sulfide) groups is 1. The van der Waals surface area contributed by atoms with Gasteiger partial charge in [0.05, 0.1) is 12.9 Å². The van der Waals surface area contributed by atoms with Crippen LogP contribution in [0.2, 0.25) is 0 Å². The van der Waals surface area contributed by atoms with Crippen LogP contribution in [0.3, 0.4) is 0 Å². The molecule has 2 aromatic heterocycles. The molecule has 2 heterocycles. The van der Waals surface area contributed by atoms with Gasteiger partial charge in [-0.3, -0.25) is 0 Å². The largest absolute Gasteiger partial charge is 0.332 e. The van der Waals surface area contributed by atoms with Crippen LogP contribution in [-0.2, 0) is 25.4 Å². The van der Waals surface area contributed by atoms with Crippen molar-refractivity contribution in [2.45, 2.75) is 30.4 Å². The summed E-state index contributed by atoms with van der Waals surface area (Å²) in [6.07, 6.45) is 1.89. The molecule has 6 heteroatoms. The summed E-state index contributed by atoms with van der Waals surface area (Å²) in [5.41, 5.74) is 6.59. The number of benzene rings is 4. The first-order valence-electron chi connectivity index (χ1n) is 13.1. The first-order chi connectivity index (χ1) is 19.3. The fourth-order valence-corrected chi connectivity index (χ4v) is 5.50. The van der Waals surface area contributed by atoms with E-state index >= 15 is 0 Å². The van der Waals surface area contributed by atoms with E-state index in [1.54, 1.807) is 11.8 Å². The van der Waals surface area contributed by atoms with Crippen molar-refractivity contribution in [1.29, 1.82) is 0 Å². The van der Waals surface area contributed by atoms with Crippen molar-refractivity contribution >= 4 is 28.9 Å². The van der Waals surface area contributed by atoms with Crippen molar-refractivity contribution in [3.05, 3.63) is 150 Å². The number of fused-ring (bicyclic) bond motifs is 1. The number of hydrogen-bond acceptors (Lipinski definition) is 5. The second-order valence-corrected chi connectivity index (χ2v) is 10.4. The van der Waals surface area contributed by atoms with Gasteiger partial charge in [0.15, 0.2) is 5.65 Å². The molecule has 0 aliphatic rings. The summed E-state index contributed by atoms with van der Waals surface area (Å²) in [6.45, 7) is 2.11. The summed E-state index contributed by atoms with van der Waals surface area (Å²) in [4.78, 5) is 17.3. The Bertz CT molecular complexity index is 1580. The minimum atomic E-state index is 0.702. The first-order valence-corrected chi connectivity index (χ1v) is 14.1. The fourth-order valence-electron chi connectivity index (χ4n) is 4.58. The number of aromatic nitrogens is 4. The van der Waals surface area contributed by atoms with Gasteiger partial charge in [-0.1, -0.05) is 133 Å². The highest BCUT2D eigenvalue weighted by Crippen LogP contribution is 2.30. The Morgan fingerprint density at radius 1 is 0.590 bits per heavy atom. The van der Waals surface area contributed by atoms with E-state index in [0.29, 0.717) is 25.6 Å². The summed E-state index contributed by atoms with van der Waals surface area (Å²) in [7, 11) is 0. The molecule has 5 nitrogen and oxygen atoms in total. The Morgan fingerprint density at radius 2 is 1.10 bits per heavy atom. The van der Waals surface area contributed by atoms with Crippen molar-refractivity contribution in [1.82, 2.24) is 19.5 Å². The average molecular weight is 528 g/mol. The van der Waals surface area contributed by atoms with Crippen LogP contribution in [-0.4, -0.2) is 19.5 Å². The van der Waals surface area contributed by atoms with Gasteiger partial charge in [-0.05, 0) is 22.3 Å². The molecule has 0 aliphatic heterocycles. The lowest BCUT2D eigenvalue weighted by molar-refractivity contribution is 0.751. The van der Waals surface area contributed by atoms with Gasteiger partial charge in [0, 0.05) is 18.8 Å². The van der Waals surface area contributed by atoms with E-state index < -0.39 is 0 Å². The van der Waals surface area contributed by atoms with E-state index in [4.69, 9.17) is 15.0 Å². The zero-order chi connectivity index (χ0) is 26.3. The molecule has 39 heavy (non-hydrogen) atoms. The Balaban J connectivity index is 1.42. The lowest BCUT2D eigenvalue weighted by Crippen LogP contribution is -2.24. The molecule has 0 N–H and O–H groups in total. The quantitative estimate of drug-likeness (QED) is 0.137. The van der Waals surface area contributed by atoms with Gasteiger partial charge in [-0.15, -0.1) is 0 Å². The predicted octanol–water partition coefficient (Wildman–Crippen LogP) is 7.37. The van der Waals surface area contributed by atoms with E-state index in [0.717, 1.165) is 21.9 Å². The van der Waals surface area contributed by atoms with Crippen molar-refractivity contribution in [2.24, 2.45) is 0 Å². The van der Waals surface area contributed by atoms with E-state index in [2.05, 4.69) is 107 Å². The second-order valence-electron chi connectivity index (χ2n) is 9.46. The molecule has 0 saturated carbocycles. The number of imidazole rings is 1. The van der Waals surface area contributed by atoms with Crippen LogP contribution in [0.5, 0.6) is 0 Å². The van der Waals surface area contributed by atoms with Crippen molar-refractivity contribution < 1.29 is 0 Å². The SMILES string of the molecule is c1ccc(CSc2nc(N(Cc3ccccc3)Cc3ccccc3)nc3c2ncn3Cc2ccccc2)cc1. The summed E-state index contributed by atoms with van der Waals surface area (Å²) < 4.78 is 2.13. The van der Waals surface area contributed by atoms with Crippen LogP contribution in [0.1, 0.15) is 22.3 Å². The Morgan fingerprint density at radius 3 is 1.67 bits per heavy atom. The van der Waals surface area contributed by atoms with Crippen LogP contribution in [0.4, 0.5) is 5.95 Å². The molecule has 6 aromatic rings. The van der Waals surface area contributed by atoms with Crippen LogP contribution in [0.15, 0.2) is 133 Å². The van der Waals surface area contributed by atoms with Gasteiger partial charge < -0.3 is 9.47 Å². The van der Waals surface area contributed by atoms with E-state index in [1.807, 2.05) is 30.6 Å². The maximum Gasteiger partial charge on any atom is 0.229 e. The smallest absolute Gasteiger partial charge is 0.229 e. The second kappa shape index (κ2) is 12.0. The number of nitrogens with zero attached hydrogens (tertiary/aromatic N) is 5. The third-order valence-corrected chi connectivity index (χ3v) is 7.59. The molecule has 0 unspecified atom stereocenters. The molecule has 4 aromatic carbocycles. The third-order valence-electron chi connectivity index (χ3n) is 6.55. The number of anilines is 1. The van der Waals surface area contributed by atoms with Gasteiger partial charge in [-0.25, -0.2) is 9.97 Å². The average Bonchev–Trinajstić information content (AvgIpc) is 3.40. The monoisotopic (exact) mass is 527 g/mol. The van der Waals surface area contributed by atoms with Gasteiger partial charge in [-0.2, -0.15) is 4.98 Å². The summed E-state index contributed by atoms with van der Waals surface area (Å²) >= 11 is 1.71. The highest BCUT2D eigenvalue weighted by molar-refractivity contribution is 7.98. The number of rotatable bonds is 10. The van der Waals surface area contributed by atoms with Crippen molar-refractivity contribution in [3.8, 4) is 0 Å². The molecule has 0 aliphatic carbocycles. The molecule has 0 amide bonds. The van der Waals surface area contributed by atoms with E-state index in [9.17, 15) is 0 Å². The molecule has 0 spiro atoms. The molecule has 0 bridgehead atoms. The molecule has 6 rings (SSSR count). The minimum Gasteiger partial charge on any atom is -0.332 e. The molecule has 0 saturated heterocycles. The van der Waals surface area contributed by atoms with Crippen molar-refractivity contribution in [2.75, 3.05) is 4.90 Å². The Labute approximate surface area is 233 Å². The lowest BCUT2D eigenvalue weighted by Gasteiger charge is -2.24. The summed E-state index contributed by atoms with van der Waals surface area (Å²) in [5.74, 6) is 1.52. The van der Waals surface area contributed by atoms with Gasteiger partial charge in [0.2, 0.25) is 5.95 Å². The summed E-state index contributed by atoms with van der Waals surface area (Å²) in [5, 5.41) is 0.900. The zero-order valence-corrected chi connectivity index (χ0v) is 22.4. The highest BCUT2D eigenvalue weighted by Gasteiger charge is 2.19. The van der Waals surface area contributed by atoms with Crippen molar-refractivity contribution in [3.63, 3.8) is 0 Å². The molecule has 0 radical (unpaired) electrons. The fraction of sp³-hybridized carbons (Fsp3) is 0.121. The van der Waals surface area contributed by atoms with E-state index in [-0.39, 0.29) is 0 Å². The minimum absolute atomic E-state index is 0.702. The van der Waals surface area contributed by atoms with Crippen LogP contribution in [0.25, 0.3) is 11.2 Å². The third kappa shape index (κ3) is 6.19.